The van der Waals surface area contributed by atoms with E-state index in [9.17, 15) is 0 Å². The molecule has 1 atom stereocenters. The van der Waals surface area contributed by atoms with Gasteiger partial charge in [-0.25, -0.2) is 0 Å². The molecule has 0 amide bonds. The zero-order valence-electron chi connectivity index (χ0n) is 12.6. The number of benzene rings is 1. The molecule has 3 rings (SSSR count). The first-order valence-electron chi connectivity index (χ1n) is 8.17. The molecule has 3 heteroatoms. The van der Waals surface area contributed by atoms with Gasteiger partial charge < -0.3 is 15.1 Å². The fourth-order valence-electron chi connectivity index (χ4n) is 3.41. The first kappa shape index (κ1) is 13.7. The zero-order valence-corrected chi connectivity index (χ0v) is 12.6. The molecule has 2 fully saturated rings. The normalized spacial score (nSPS) is 24.6. The molecule has 0 bridgehead atoms. The molecular formula is C17H27N3. The van der Waals surface area contributed by atoms with Crippen LogP contribution in [0, 0.1) is 0 Å². The van der Waals surface area contributed by atoms with Gasteiger partial charge in [0.25, 0.3) is 0 Å². The Bertz CT molecular complexity index is 409. The minimum Gasteiger partial charge on any atom is -0.372 e. The molecule has 1 N–H and O–H groups in total. The van der Waals surface area contributed by atoms with Crippen LogP contribution in [-0.2, 0) is 0 Å². The third-order valence-corrected chi connectivity index (χ3v) is 4.63. The zero-order chi connectivity index (χ0) is 13.8. The second kappa shape index (κ2) is 6.49. The van der Waals surface area contributed by atoms with Gasteiger partial charge in [0, 0.05) is 43.6 Å². The minimum absolute atomic E-state index is 0.582. The molecule has 2 heterocycles. The monoisotopic (exact) mass is 273 g/mol. The van der Waals surface area contributed by atoms with Crippen LogP contribution in [0.3, 0.4) is 0 Å². The lowest BCUT2D eigenvalue weighted by Gasteiger charge is -2.31. The van der Waals surface area contributed by atoms with Crippen molar-refractivity contribution in [1.29, 1.82) is 0 Å². The van der Waals surface area contributed by atoms with Crippen LogP contribution in [0.1, 0.15) is 32.6 Å². The van der Waals surface area contributed by atoms with Crippen molar-refractivity contribution in [2.24, 2.45) is 0 Å². The number of hydrogen-bond donors (Lipinski definition) is 1. The first-order chi connectivity index (χ1) is 9.84. The lowest BCUT2D eigenvalue weighted by Crippen LogP contribution is -2.37. The maximum atomic E-state index is 3.51. The summed E-state index contributed by atoms with van der Waals surface area (Å²) in [6.07, 6.45) is 5.32. The number of nitrogens with zero attached hydrogens (tertiary/aromatic N) is 2. The fraction of sp³-hybridized carbons (Fsp3) is 0.647. The Morgan fingerprint density at radius 3 is 2.35 bits per heavy atom. The van der Waals surface area contributed by atoms with Gasteiger partial charge in [-0.15, -0.1) is 0 Å². The standard InChI is InChI=1S/C17H27N3/c1-15-14-18-10-5-13-20(15)17-8-6-16(7-9-17)19-11-3-2-4-12-19/h6-9,15,18H,2-5,10-14H2,1H3. The summed E-state index contributed by atoms with van der Waals surface area (Å²) in [7, 11) is 0. The van der Waals surface area contributed by atoms with Crippen LogP contribution in [-0.4, -0.2) is 38.8 Å². The van der Waals surface area contributed by atoms with E-state index in [0.29, 0.717) is 6.04 Å². The average Bonchev–Trinajstić information content (AvgIpc) is 2.73. The second-order valence-corrected chi connectivity index (χ2v) is 6.16. The van der Waals surface area contributed by atoms with Crippen molar-refractivity contribution < 1.29 is 0 Å². The number of piperidine rings is 1. The molecule has 1 unspecified atom stereocenters. The third kappa shape index (κ3) is 3.09. The van der Waals surface area contributed by atoms with Crippen LogP contribution in [0.25, 0.3) is 0 Å². The molecule has 2 saturated heterocycles. The Balaban J connectivity index is 1.71. The van der Waals surface area contributed by atoms with E-state index < -0.39 is 0 Å². The van der Waals surface area contributed by atoms with Gasteiger partial charge in [0.05, 0.1) is 0 Å². The summed E-state index contributed by atoms with van der Waals surface area (Å²) in [4.78, 5) is 5.07. The Morgan fingerprint density at radius 1 is 0.900 bits per heavy atom. The second-order valence-electron chi connectivity index (χ2n) is 6.16. The highest BCUT2D eigenvalue weighted by molar-refractivity contribution is 5.57. The van der Waals surface area contributed by atoms with Crippen molar-refractivity contribution in [3.8, 4) is 0 Å². The molecule has 1 aromatic rings. The highest BCUT2D eigenvalue weighted by atomic mass is 15.2. The minimum atomic E-state index is 0.582. The van der Waals surface area contributed by atoms with Gasteiger partial charge in [0.1, 0.15) is 0 Å². The fourth-order valence-corrected chi connectivity index (χ4v) is 3.41. The molecule has 0 aliphatic carbocycles. The van der Waals surface area contributed by atoms with E-state index in [1.165, 1.54) is 50.1 Å². The van der Waals surface area contributed by atoms with Crippen molar-refractivity contribution in [3.63, 3.8) is 0 Å². The van der Waals surface area contributed by atoms with Crippen LogP contribution in [0.15, 0.2) is 24.3 Å². The summed E-state index contributed by atoms with van der Waals surface area (Å²) in [5, 5.41) is 3.51. The lowest BCUT2D eigenvalue weighted by molar-refractivity contribution is 0.578. The van der Waals surface area contributed by atoms with Gasteiger partial charge in [-0.1, -0.05) is 0 Å². The molecule has 0 aromatic heterocycles. The van der Waals surface area contributed by atoms with Crippen LogP contribution in [0.4, 0.5) is 11.4 Å². The third-order valence-electron chi connectivity index (χ3n) is 4.63. The number of anilines is 2. The van der Waals surface area contributed by atoms with Gasteiger partial charge in [0.15, 0.2) is 0 Å². The van der Waals surface area contributed by atoms with Crippen molar-refractivity contribution in [3.05, 3.63) is 24.3 Å². The Hall–Kier alpha value is -1.22. The molecule has 0 saturated carbocycles. The molecule has 1 aromatic carbocycles. The van der Waals surface area contributed by atoms with Gasteiger partial charge in [-0.2, -0.15) is 0 Å². The summed E-state index contributed by atoms with van der Waals surface area (Å²) in [6, 6.07) is 9.83. The molecule has 20 heavy (non-hydrogen) atoms. The molecule has 2 aliphatic heterocycles. The summed E-state index contributed by atoms with van der Waals surface area (Å²) < 4.78 is 0. The SMILES string of the molecule is CC1CNCCCN1c1ccc(N2CCCCC2)cc1. The lowest BCUT2D eigenvalue weighted by atomic mass is 10.1. The number of hydrogen-bond acceptors (Lipinski definition) is 3. The molecule has 3 nitrogen and oxygen atoms in total. The summed E-state index contributed by atoms with van der Waals surface area (Å²) >= 11 is 0. The van der Waals surface area contributed by atoms with Crippen LogP contribution >= 0.6 is 0 Å². The number of nitrogens with one attached hydrogen (secondary N) is 1. The van der Waals surface area contributed by atoms with Gasteiger partial charge >= 0.3 is 0 Å². The van der Waals surface area contributed by atoms with Gasteiger partial charge in [-0.3, -0.25) is 0 Å². The molecule has 110 valence electrons. The quantitative estimate of drug-likeness (QED) is 0.894. The van der Waals surface area contributed by atoms with Gasteiger partial charge in [-0.05, 0) is 63.4 Å². The maximum absolute atomic E-state index is 3.51. The predicted octanol–water partition coefficient (Wildman–Crippen LogP) is 2.87. The van der Waals surface area contributed by atoms with E-state index in [1.807, 2.05) is 0 Å². The summed E-state index contributed by atoms with van der Waals surface area (Å²) in [5.41, 5.74) is 2.77. The molecule has 0 spiro atoms. The van der Waals surface area contributed by atoms with Crippen molar-refractivity contribution >= 4 is 11.4 Å². The Labute approximate surface area is 123 Å². The van der Waals surface area contributed by atoms with Gasteiger partial charge in [0.2, 0.25) is 0 Å². The molecule has 0 radical (unpaired) electrons. The van der Waals surface area contributed by atoms with E-state index in [-0.39, 0.29) is 0 Å². The molecule has 2 aliphatic rings. The van der Waals surface area contributed by atoms with Crippen molar-refractivity contribution in [2.75, 3.05) is 42.5 Å². The summed E-state index contributed by atoms with van der Waals surface area (Å²) in [5.74, 6) is 0. The van der Waals surface area contributed by atoms with E-state index in [4.69, 9.17) is 0 Å². The smallest absolute Gasteiger partial charge is 0.0386 e. The van der Waals surface area contributed by atoms with E-state index >= 15 is 0 Å². The van der Waals surface area contributed by atoms with Crippen LogP contribution in [0.5, 0.6) is 0 Å². The Kier molecular flexibility index (Phi) is 4.46. The van der Waals surface area contributed by atoms with Crippen molar-refractivity contribution in [2.45, 2.75) is 38.6 Å². The first-order valence-corrected chi connectivity index (χ1v) is 8.17. The predicted molar refractivity (Wildman–Crippen MR) is 86.8 cm³/mol. The van der Waals surface area contributed by atoms with E-state index in [2.05, 4.69) is 46.3 Å². The highest BCUT2D eigenvalue weighted by Crippen LogP contribution is 2.25. The summed E-state index contributed by atoms with van der Waals surface area (Å²) in [6.45, 7) is 8.17. The van der Waals surface area contributed by atoms with Crippen molar-refractivity contribution in [1.82, 2.24) is 5.32 Å². The highest BCUT2D eigenvalue weighted by Gasteiger charge is 2.17. The average molecular weight is 273 g/mol. The van der Waals surface area contributed by atoms with Crippen LogP contribution in [0.2, 0.25) is 0 Å². The topological polar surface area (TPSA) is 18.5 Å². The van der Waals surface area contributed by atoms with E-state index in [1.54, 1.807) is 0 Å². The number of rotatable bonds is 2. The Morgan fingerprint density at radius 2 is 1.60 bits per heavy atom. The van der Waals surface area contributed by atoms with Crippen LogP contribution < -0.4 is 15.1 Å². The maximum Gasteiger partial charge on any atom is 0.0386 e. The van der Waals surface area contributed by atoms with E-state index in [0.717, 1.165) is 19.6 Å². The molecular weight excluding hydrogens is 246 g/mol. The largest absolute Gasteiger partial charge is 0.372 e.